The van der Waals surface area contributed by atoms with Crippen LogP contribution in [0.4, 0.5) is 14.9 Å². The van der Waals surface area contributed by atoms with Gasteiger partial charge < -0.3 is 10.2 Å². The van der Waals surface area contributed by atoms with Crippen LogP contribution in [-0.2, 0) is 10.3 Å². The lowest BCUT2D eigenvalue weighted by Gasteiger charge is -2.37. The quantitative estimate of drug-likeness (QED) is 0.691. The number of hydrogen-bond acceptors (Lipinski definition) is 5. The van der Waals surface area contributed by atoms with E-state index in [2.05, 4.69) is 20.1 Å². The van der Waals surface area contributed by atoms with Crippen LogP contribution < -0.4 is 10.2 Å². The molecule has 2 aliphatic heterocycles. The highest BCUT2D eigenvalue weighted by Gasteiger charge is 2.52. The maximum atomic E-state index is 13.5. The van der Waals surface area contributed by atoms with E-state index in [1.807, 2.05) is 19.1 Å². The number of rotatable bonds is 7. The van der Waals surface area contributed by atoms with Crippen LogP contribution in [0, 0.1) is 5.82 Å². The Morgan fingerprint density at radius 3 is 2.35 bits per heavy atom. The van der Waals surface area contributed by atoms with Crippen molar-refractivity contribution in [1.82, 2.24) is 20.1 Å². The summed E-state index contributed by atoms with van der Waals surface area (Å²) in [5.74, 6) is -0.621. The van der Waals surface area contributed by atoms with Crippen LogP contribution in [0.25, 0.3) is 0 Å². The summed E-state index contributed by atoms with van der Waals surface area (Å²) in [6.07, 6.45) is 5.72. The molecule has 0 aliphatic carbocycles. The van der Waals surface area contributed by atoms with Crippen LogP contribution in [0.1, 0.15) is 31.7 Å². The highest BCUT2D eigenvalue weighted by atomic mass is 19.1. The number of pyridine rings is 1. The Morgan fingerprint density at radius 2 is 1.71 bits per heavy atom. The average molecular weight is 426 g/mol. The van der Waals surface area contributed by atoms with Crippen molar-refractivity contribution < 1.29 is 14.0 Å². The summed E-state index contributed by atoms with van der Waals surface area (Å²) in [5, 5.41) is 2.93. The minimum Gasteiger partial charge on any atom is -0.369 e. The summed E-state index contributed by atoms with van der Waals surface area (Å²) in [5.41, 5.74) is 0.630. The molecule has 2 fully saturated rings. The minimum atomic E-state index is -1.13. The maximum absolute atomic E-state index is 13.5. The first-order valence-corrected chi connectivity index (χ1v) is 10.8. The number of nitrogens with zero attached hydrogens (tertiary/aromatic N) is 4. The van der Waals surface area contributed by atoms with E-state index in [1.54, 1.807) is 24.5 Å². The number of imide groups is 1. The molecule has 3 heterocycles. The van der Waals surface area contributed by atoms with E-state index >= 15 is 0 Å². The number of halogens is 1. The Hall–Kier alpha value is -3.00. The van der Waals surface area contributed by atoms with Gasteiger partial charge in [0.1, 0.15) is 11.4 Å². The number of piperazine rings is 1. The van der Waals surface area contributed by atoms with Gasteiger partial charge in [0, 0.05) is 44.3 Å². The van der Waals surface area contributed by atoms with Gasteiger partial charge in [-0.3, -0.25) is 14.7 Å². The maximum Gasteiger partial charge on any atom is 0.326 e. The van der Waals surface area contributed by atoms with E-state index < -0.39 is 5.54 Å². The second-order valence-corrected chi connectivity index (χ2v) is 8.13. The van der Waals surface area contributed by atoms with Crippen molar-refractivity contribution in [2.24, 2.45) is 0 Å². The third kappa shape index (κ3) is 4.25. The molecule has 0 radical (unpaired) electrons. The minimum absolute atomic E-state index is 0.254. The molecule has 4 rings (SSSR count). The molecule has 0 bridgehead atoms. The van der Waals surface area contributed by atoms with Crippen molar-refractivity contribution in [3.8, 4) is 0 Å². The van der Waals surface area contributed by atoms with Crippen LogP contribution in [0.3, 0.4) is 0 Å². The van der Waals surface area contributed by atoms with Gasteiger partial charge in [-0.05, 0) is 36.2 Å². The largest absolute Gasteiger partial charge is 0.369 e. The number of amides is 3. The average Bonchev–Trinajstić information content (AvgIpc) is 3.04. The molecule has 2 aliphatic rings. The van der Waals surface area contributed by atoms with Gasteiger partial charge in [0.25, 0.3) is 5.91 Å². The first kappa shape index (κ1) is 21.2. The smallest absolute Gasteiger partial charge is 0.326 e. The SMILES string of the molecule is CCCC[C@@]1(c2ccc(F)cc2)NC(=O)N(CN2CCN(c3ccncc3)CC2)C1=O. The number of benzene rings is 1. The summed E-state index contributed by atoms with van der Waals surface area (Å²) >= 11 is 0. The first-order chi connectivity index (χ1) is 15.0. The molecule has 31 heavy (non-hydrogen) atoms. The Morgan fingerprint density at radius 1 is 1.03 bits per heavy atom. The van der Waals surface area contributed by atoms with Crippen molar-refractivity contribution in [1.29, 1.82) is 0 Å². The van der Waals surface area contributed by atoms with Crippen molar-refractivity contribution in [3.05, 3.63) is 60.2 Å². The van der Waals surface area contributed by atoms with Gasteiger partial charge in [-0.25, -0.2) is 14.1 Å². The number of unbranched alkanes of at least 4 members (excludes halogenated alkanes) is 1. The van der Waals surface area contributed by atoms with Gasteiger partial charge in [-0.15, -0.1) is 0 Å². The zero-order valence-corrected chi connectivity index (χ0v) is 17.8. The van der Waals surface area contributed by atoms with Crippen LogP contribution in [0.15, 0.2) is 48.8 Å². The normalized spacial score (nSPS) is 22.1. The number of hydrogen-bond donors (Lipinski definition) is 1. The molecule has 164 valence electrons. The number of nitrogens with one attached hydrogen (secondary N) is 1. The number of carbonyl (C=O) groups excluding carboxylic acids is 2. The fourth-order valence-corrected chi connectivity index (χ4v) is 4.34. The Labute approximate surface area is 181 Å². The second kappa shape index (κ2) is 9.01. The number of anilines is 1. The van der Waals surface area contributed by atoms with Gasteiger partial charge in [0.2, 0.25) is 0 Å². The Balaban J connectivity index is 1.46. The lowest BCUT2D eigenvalue weighted by molar-refractivity contribution is -0.133. The van der Waals surface area contributed by atoms with Gasteiger partial charge in [-0.1, -0.05) is 31.9 Å². The molecular weight excluding hydrogens is 397 g/mol. The molecule has 0 saturated carbocycles. The van der Waals surface area contributed by atoms with E-state index in [4.69, 9.17) is 0 Å². The summed E-state index contributed by atoms with van der Waals surface area (Å²) in [4.78, 5) is 36.1. The zero-order chi connectivity index (χ0) is 21.8. The molecule has 3 amide bonds. The summed E-state index contributed by atoms with van der Waals surface area (Å²) < 4.78 is 13.5. The van der Waals surface area contributed by atoms with E-state index in [0.717, 1.165) is 44.7 Å². The molecule has 2 aromatic rings. The van der Waals surface area contributed by atoms with Gasteiger partial charge in [0.15, 0.2) is 0 Å². The molecule has 7 nitrogen and oxygen atoms in total. The molecule has 0 unspecified atom stereocenters. The van der Waals surface area contributed by atoms with Crippen LogP contribution >= 0.6 is 0 Å². The van der Waals surface area contributed by atoms with Crippen molar-refractivity contribution in [2.75, 3.05) is 37.7 Å². The molecule has 1 atom stereocenters. The summed E-state index contributed by atoms with van der Waals surface area (Å²) in [7, 11) is 0. The van der Waals surface area contributed by atoms with Gasteiger partial charge >= 0.3 is 6.03 Å². The fourth-order valence-electron chi connectivity index (χ4n) is 4.34. The molecule has 8 heteroatoms. The lowest BCUT2D eigenvalue weighted by Crippen LogP contribution is -2.51. The predicted octanol–water partition coefficient (Wildman–Crippen LogP) is 2.94. The lowest BCUT2D eigenvalue weighted by atomic mass is 9.85. The third-order valence-electron chi connectivity index (χ3n) is 6.16. The molecule has 2 saturated heterocycles. The van der Waals surface area contributed by atoms with Crippen LogP contribution in [0.2, 0.25) is 0 Å². The predicted molar refractivity (Wildman–Crippen MR) is 116 cm³/mol. The van der Waals surface area contributed by atoms with Crippen molar-refractivity contribution in [2.45, 2.75) is 31.7 Å². The van der Waals surface area contributed by atoms with Gasteiger partial charge in [0.05, 0.1) is 6.67 Å². The summed E-state index contributed by atoms with van der Waals surface area (Å²) in [6.45, 7) is 5.42. The number of urea groups is 1. The summed E-state index contributed by atoms with van der Waals surface area (Å²) in [6, 6.07) is 9.45. The van der Waals surface area contributed by atoms with E-state index in [0.29, 0.717) is 12.0 Å². The third-order valence-corrected chi connectivity index (χ3v) is 6.16. The van der Waals surface area contributed by atoms with E-state index in [-0.39, 0.29) is 24.4 Å². The highest BCUT2D eigenvalue weighted by molar-refractivity contribution is 6.07. The van der Waals surface area contributed by atoms with Gasteiger partial charge in [-0.2, -0.15) is 0 Å². The molecule has 1 aromatic heterocycles. The van der Waals surface area contributed by atoms with Crippen LogP contribution in [-0.4, -0.2) is 59.6 Å². The van der Waals surface area contributed by atoms with Crippen molar-refractivity contribution >= 4 is 17.6 Å². The first-order valence-electron chi connectivity index (χ1n) is 10.8. The molecule has 1 aromatic carbocycles. The molecule has 1 N–H and O–H groups in total. The van der Waals surface area contributed by atoms with Crippen molar-refractivity contribution in [3.63, 3.8) is 0 Å². The number of carbonyl (C=O) groups is 2. The number of aromatic nitrogens is 1. The van der Waals surface area contributed by atoms with Crippen LogP contribution in [0.5, 0.6) is 0 Å². The second-order valence-electron chi connectivity index (χ2n) is 8.13. The van der Waals surface area contributed by atoms with E-state index in [9.17, 15) is 14.0 Å². The molecule has 0 spiro atoms. The Kier molecular flexibility index (Phi) is 6.18. The fraction of sp³-hybridized carbons (Fsp3) is 0.435. The topological polar surface area (TPSA) is 68.8 Å². The highest BCUT2D eigenvalue weighted by Crippen LogP contribution is 2.34. The zero-order valence-electron chi connectivity index (χ0n) is 17.8. The monoisotopic (exact) mass is 425 g/mol. The van der Waals surface area contributed by atoms with E-state index in [1.165, 1.54) is 17.0 Å². The Bertz CT molecular complexity index is 915. The molecular formula is C23H28FN5O2. The standard InChI is InChI=1S/C23H28FN5O2/c1-2-3-10-23(18-4-6-19(24)7-5-18)21(30)29(22(31)26-23)17-27-13-15-28(16-14-27)20-8-11-25-12-9-20/h4-9,11-12H,2-3,10,13-17H2,1H3,(H,26,31)/t23-/m0/s1.